The summed E-state index contributed by atoms with van der Waals surface area (Å²) in [6.45, 7) is 7.51. The zero-order chi connectivity index (χ0) is 13.3. The van der Waals surface area contributed by atoms with Gasteiger partial charge < -0.3 is 10.1 Å². The van der Waals surface area contributed by atoms with Crippen LogP contribution in [-0.2, 0) is 0 Å². The van der Waals surface area contributed by atoms with E-state index in [4.69, 9.17) is 4.74 Å². The lowest BCUT2D eigenvalue weighted by Crippen LogP contribution is -2.24. The van der Waals surface area contributed by atoms with Crippen molar-refractivity contribution in [1.82, 2.24) is 5.32 Å². The van der Waals surface area contributed by atoms with Gasteiger partial charge in [-0.2, -0.15) is 0 Å². The third-order valence-electron chi connectivity index (χ3n) is 3.95. The van der Waals surface area contributed by atoms with Gasteiger partial charge in [0, 0.05) is 6.04 Å². The van der Waals surface area contributed by atoms with E-state index in [0.29, 0.717) is 17.1 Å². The summed E-state index contributed by atoms with van der Waals surface area (Å²) >= 11 is 0. The van der Waals surface area contributed by atoms with Crippen LogP contribution in [0.4, 0.5) is 4.39 Å². The zero-order valence-electron chi connectivity index (χ0n) is 11.6. The summed E-state index contributed by atoms with van der Waals surface area (Å²) in [5.41, 5.74) is 1.38. The predicted molar refractivity (Wildman–Crippen MR) is 71.3 cm³/mol. The predicted octanol–water partition coefficient (Wildman–Crippen LogP) is 3.53. The fourth-order valence-electron chi connectivity index (χ4n) is 2.67. The standard InChI is InChI=1S/C15H22FNO/c1-5-17-14(11-9-15(11,2)3)10-6-7-13(18-4)12(16)8-10/h6-8,11,14,17H,5,9H2,1-4H3. The van der Waals surface area contributed by atoms with Crippen molar-refractivity contribution in [3.63, 3.8) is 0 Å². The van der Waals surface area contributed by atoms with Gasteiger partial charge in [0.05, 0.1) is 7.11 Å². The first kappa shape index (κ1) is 13.3. The molecule has 3 heteroatoms. The molecule has 2 atom stereocenters. The number of hydrogen-bond acceptors (Lipinski definition) is 2. The number of nitrogens with one attached hydrogen (secondary N) is 1. The molecule has 0 aromatic heterocycles. The van der Waals surface area contributed by atoms with Gasteiger partial charge in [0.1, 0.15) is 0 Å². The molecule has 1 N–H and O–H groups in total. The Morgan fingerprint density at radius 3 is 2.61 bits per heavy atom. The molecule has 1 saturated carbocycles. The van der Waals surface area contributed by atoms with Crippen LogP contribution in [0.5, 0.6) is 5.75 Å². The highest BCUT2D eigenvalue weighted by Gasteiger charge is 2.50. The van der Waals surface area contributed by atoms with Crippen LogP contribution in [0, 0.1) is 17.2 Å². The Kier molecular flexibility index (Phi) is 3.62. The number of halogens is 1. The SMILES string of the molecule is CCNC(c1ccc(OC)c(F)c1)C1CC1(C)C. The minimum absolute atomic E-state index is 0.241. The Morgan fingerprint density at radius 2 is 2.17 bits per heavy atom. The van der Waals surface area contributed by atoms with Crippen LogP contribution in [0.15, 0.2) is 18.2 Å². The molecule has 0 heterocycles. The molecule has 100 valence electrons. The second-order valence-corrected chi connectivity index (χ2v) is 5.73. The number of rotatable bonds is 5. The van der Waals surface area contributed by atoms with Crippen LogP contribution in [0.2, 0.25) is 0 Å². The molecule has 18 heavy (non-hydrogen) atoms. The van der Waals surface area contributed by atoms with Gasteiger partial charge in [0.25, 0.3) is 0 Å². The van der Waals surface area contributed by atoms with Crippen LogP contribution in [0.1, 0.15) is 38.8 Å². The maximum absolute atomic E-state index is 13.8. The lowest BCUT2D eigenvalue weighted by atomic mass is 9.96. The van der Waals surface area contributed by atoms with Gasteiger partial charge in [-0.15, -0.1) is 0 Å². The van der Waals surface area contributed by atoms with E-state index < -0.39 is 0 Å². The van der Waals surface area contributed by atoms with E-state index in [1.807, 2.05) is 6.07 Å². The van der Waals surface area contributed by atoms with Crippen LogP contribution < -0.4 is 10.1 Å². The fourth-order valence-corrected chi connectivity index (χ4v) is 2.67. The van der Waals surface area contributed by atoms with E-state index >= 15 is 0 Å². The summed E-state index contributed by atoms with van der Waals surface area (Å²) in [6.07, 6.45) is 1.19. The van der Waals surface area contributed by atoms with Crippen molar-refractivity contribution in [3.8, 4) is 5.75 Å². The van der Waals surface area contributed by atoms with Crippen molar-refractivity contribution >= 4 is 0 Å². The molecule has 2 nitrogen and oxygen atoms in total. The van der Waals surface area contributed by atoms with Crippen LogP contribution in [-0.4, -0.2) is 13.7 Å². The molecule has 1 aromatic rings. The molecular formula is C15H22FNO. The largest absolute Gasteiger partial charge is 0.494 e. The summed E-state index contributed by atoms with van der Waals surface area (Å²) in [5, 5.41) is 3.47. The summed E-state index contributed by atoms with van der Waals surface area (Å²) < 4.78 is 18.7. The summed E-state index contributed by atoms with van der Waals surface area (Å²) in [6, 6.07) is 5.51. The minimum atomic E-state index is -0.281. The molecule has 0 aliphatic heterocycles. The van der Waals surface area contributed by atoms with Crippen molar-refractivity contribution < 1.29 is 9.13 Å². The molecule has 0 radical (unpaired) electrons. The van der Waals surface area contributed by atoms with Crippen molar-refractivity contribution in [2.45, 2.75) is 33.2 Å². The maximum Gasteiger partial charge on any atom is 0.165 e. The van der Waals surface area contributed by atoms with Crippen LogP contribution >= 0.6 is 0 Å². The quantitative estimate of drug-likeness (QED) is 0.864. The van der Waals surface area contributed by atoms with E-state index in [-0.39, 0.29) is 11.9 Å². The van der Waals surface area contributed by atoms with Crippen LogP contribution in [0.3, 0.4) is 0 Å². The molecule has 1 aliphatic carbocycles. The normalized spacial score (nSPS) is 22.6. The number of hydrogen-bond donors (Lipinski definition) is 1. The lowest BCUT2D eigenvalue weighted by molar-refractivity contribution is 0.383. The first-order valence-corrected chi connectivity index (χ1v) is 6.56. The highest BCUT2D eigenvalue weighted by Crippen LogP contribution is 2.57. The average molecular weight is 251 g/mol. The molecule has 1 aliphatic rings. The van der Waals surface area contributed by atoms with Gasteiger partial charge in [0.2, 0.25) is 0 Å². The summed E-state index contributed by atoms with van der Waals surface area (Å²) in [7, 11) is 1.49. The highest BCUT2D eigenvalue weighted by atomic mass is 19.1. The maximum atomic E-state index is 13.8. The van der Waals surface area contributed by atoms with Gasteiger partial charge in [0.15, 0.2) is 11.6 Å². The molecule has 2 rings (SSSR count). The Labute approximate surface area is 109 Å². The van der Waals surface area contributed by atoms with Gasteiger partial charge in [-0.1, -0.05) is 26.8 Å². The molecule has 0 bridgehead atoms. The topological polar surface area (TPSA) is 21.3 Å². The first-order chi connectivity index (χ1) is 8.49. The summed E-state index contributed by atoms with van der Waals surface area (Å²) in [5.74, 6) is 0.616. The van der Waals surface area contributed by atoms with Crippen molar-refractivity contribution in [1.29, 1.82) is 0 Å². The smallest absolute Gasteiger partial charge is 0.165 e. The van der Waals surface area contributed by atoms with E-state index in [2.05, 4.69) is 26.1 Å². The van der Waals surface area contributed by atoms with Gasteiger partial charge in [-0.25, -0.2) is 4.39 Å². The van der Waals surface area contributed by atoms with Gasteiger partial charge in [-0.3, -0.25) is 0 Å². The Balaban J connectivity index is 2.23. The molecule has 1 fully saturated rings. The molecule has 2 unspecified atom stereocenters. The lowest BCUT2D eigenvalue weighted by Gasteiger charge is -2.20. The van der Waals surface area contributed by atoms with Crippen molar-refractivity contribution in [2.24, 2.45) is 11.3 Å². The van der Waals surface area contributed by atoms with E-state index in [1.54, 1.807) is 12.1 Å². The Bertz CT molecular complexity index is 431. The number of ether oxygens (including phenoxy) is 1. The first-order valence-electron chi connectivity index (χ1n) is 6.56. The number of benzene rings is 1. The fraction of sp³-hybridized carbons (Fsp3) is 0.600. The third kappa shape index (κ3) is 2.51. The molecule has 0 amide bonds. The van der Waals surface area contributed by atoms with Crippen molar-refractivity contribution in [2.75, 3.05) is 13.7 Å². The average Bonchev–Trinajstić information content (AvgIpc) is 2.95. The minimum Gasteiger partial charge on any atom is -0.494 e. The second kappa shape index (κ2) is 4.88. The molecule has 1 aromatic carbocycles. The van der Waals surface area contributed by atoms with E-state index in [9.17, 15) is 4.39 Å². The monoisotopic (exact) mass is 251 g/mol. The van der Waals surface area contributed by atoms with Crippen LogP contribution in [0.25, 0.3) is 0 Å². The third-order valence-corrected chi connectivity index (χ3v) is 3.95. The Morgan fingerprint density at radius 1 is 1.50 bits per heavy atom. The molecule has 0 spiro atoms. The highest BCUT2D eigenvalue weighted by molar-refractivity contribution is 5.32. The second-order valence-electron chi connectivity index (χ2n) is 5.73. The molecular weight excluding hydrogens is 229 g/mol. The number of methoxy groups -OCH3 is 1. The van der Waals surface area contributed by atoms with Gasteiger partial charge in [-0.05, 0) is 42.0 Å². The zero-order valence-corrected chi connectivity index (χ0v) is 11.6. The van der Waals surface area contributed by atoms with E-state index in [1.165, 1.54) is 13.5 Å². The van der Waals surface area contributed by atoms with Gasteiger partial charge >= 0.3 is 0 Å². The summed E-state index contributed by atoms with van der Waals surface area (Å²) in [4.78, 5) is 0. The van der Waals surface area contributed by atoms with E-state index in [0.717, 1.165) is 12.1 Å². The van der Waals surface area contributed by atoms with Crippen molar-refractivity contribution in [3.05, 3.63) is 29.6 Å². The molecule has 0 saturated heterocycles. The Hall–Kier alpha value is -1.09.